The molecular formula is C27H36N4O2. The van der Waals surface area contributed by atoms with Gasteiger partial charge in [-0.1, -0.05) is 36.4 Å². The Bertz CT molecular complexity index is 990. The number of fused-ring (bicyclic) bond motifs is 1. The zero-order valence-corrected chi connectivity index (χ0v) is 20.0. The van der Waals surface area contributed by atoms with E-state index in [4.69, 9.17) is 0 Å². The smallest absolute Gasteiger partial charge is 0.315 e. The summed E-state index contributed by atoms with van der Waals surface area (Å²) in [6.07, 6.45) is 4.84. The van der Waals surface area contributed by atoms with E-state index in [9.17, 15) is 9.59 Å². The number of piperidine rings is 1. The maximum atomic E-state index is 13.3. The third kappa shape index (κ3) is 5.86. The SMILES string of the molecule is CC(C)(C)NC(=O)NC1CCN(c2ccccc2C(=O)NC2CCCc3ccccc32)CC1. The second-order valence-electron chi connectivity index (χ2n) is 10.2. The first-order chi connectivity index (χ1) is 15.8. The summed E-state index contributed by atoms with van der Waals surface area (Å²) >= 11 is 0. The molecule has 3 N–H and O–H groups in total. The Kier molecular flexibility index (Phi) is 6.91. The van der Waals surface area contributed by atoms with Gasteiger partial charge in [-0.25, -0.2) is 4.79 Å². The molecule has 1 atom stereocenters. The van der Waals surface area contributed by atoms with Crippen LogP contribution >= 0.6 is 0 Å². The van der Waals surface area contributed by atoms with Gasteiger partial charge >= 0.3 is 6.03 Å². The number of carbonyl (C=O) groups excluding carboxylic acids is 2. The van der Waals surface area contributed by atoms with Crippen LogP contribution in [0.3, 0.4) is 0 Å². The van der Waals surface area contributed by atoms with Gasteiger partial charge in [0.05, 0.1) is 11.6 Å². The number of nitrogens with one attached hydrogen (secondary N) is 3. The van der Waals surface area contributed by atoms with E-state index in [1.54, 1.807) is 0 Å². The van der Waals surface area contributed by atoms with Crippen LogP contribution in [0.25, 0.3) is 0 Å². The number of aryl methyl sites for hydroxylation is 1. The summed E-state index contributed by atoms with van der Waals surface area (Å²) in [5, 5.41) is 9.35. The molecule has 0 saturated carbocycles. The molecule has 6 heteroatoms. The number of para-hydroxylation sites is 1. The summed E-state index contributed by atoms with van der Waals surface area (Å²) in [5.74, 6) is -0.0166. The van der Waals surface area contributed by atoms with Crippen LogP contribution in [-0.2, 0) is 6.42 Å². The maximum Gasteiger partial charge on any atom is 0.315 e. The Hall–Kier alpha value is -3.02. The molecule has 1 aliphatic heterocycles. The van der Waals surface area contributed by atoms with Crippen LogP contribution in [0.1, 0.15) is 74.0 Å². The van der Waals surface area contributed by atoms with Crippen molar-refractivity contribution in [3.05, 3.63) is 65.2 Å². The minimum absolute atomic E-state index is 0.0166. The number of amides is 3. The van der Waals surface area contributed by atoms with Crippen molar-refractivity contribution in [3.63, 3.8) is 0 Å². The highest BCUT2D eigenvalue weighted by molar-refractivity contribution is 6.00. The highest BCUT2D eigenvalue weighted by Gasteiger charge is 2.27. The molecule has 2 aliphatic rings. The zero-order valence-electron chi connectivity index (χ0n) is 20.0. The van der Waals surface area contributed by atoms with Crippen LogP contribution in [0.2, 0.25) is 0 Å². The van der Waals surface area contributed by atoms with Gasteiger partial charge in [0.1, 0.15) is 0 Å². The lowest BCUT2D eigenvalue weighted by atomic mass is 9.87. The number of hydrogen-bond acceptors (Lipinski definition) is 3. The summed E-state index contributed by atoms with van der Waals surface area (Å²) in [5.41, 5.74) is 4.02. The molecular weight excluding hydrogens is 412 g/mol. The second-order valence-corrected chi connectivity index (χ2v) is 10.2. The van der Waals surface area contributed by atoms with Gasteiger partial charge in [-0.05, 0) is 76.1 Å². The first-order valence-electron chi connectivity index (χ1n) is 12.1. The van der Waals surface area contributed by atoms with E-state index in [0.717, 1.165) is 56.4 Å². The largest absolute Gasteiger partial charge is 0.371 e. The summed E-state index contributed by atoms with van der Waals surface area (Å²) < 4.78 is 0. The molecule has 1 saturated heterocycles. The average Bonchev–Trinajstić information content (AvgIpc) is 2.78. The van der Waals surface area contributed by atoms with Gasteiger partial charge in [-0.15, -0.1) is 0 Å². The van der Waals surface area contributed by atoms with Crippen molar-refractivity contribution in [2.24, 2.45) is 0 Å². The van der Waals surface area contributed by atoms with E-state index in [1.165, 1.54) is 11.1 Å². The summed E-state index contributed by atoms with van der Waals surface area (Å²) in [7, 11) is 0. The molecule has 3 amide bonds. The molecule has 0 spiro atoms. The zero-order chi connectivity index (χ0) is 23.4. The number of nitrogens with zero attached hydrogens (tertiary/aromatic N) is 1. The Morgan fingerprint density at radius 2 is 1.61 bits per heavy atom. The fraction of sp³-hybridized carbons (Fsp3) is 0.481. The van der Waals surface area contributed by atoms with Crippen molar-refractivity contribution >= 4 is 17.6 Å². The topological polar surface area (TPSA) is 73.5 Å². The molecule has 0 aromatic heterocycles. The Morgan fingerprint density at radius 3 is 2.36 bits per heavy atom. The first kappa shape index (κ1) is 23.1. The summed E-state index contributed by atoms with van der Waals surface area (Å²) in [6.45, 7) is 7.53. The number of carbonyl (C=O) groups is 2. The molecule has 33 heavy (non-hydrogen) atoms. The monoisotopic (exact) mass is 448 g/mol. The Morgan fingerprint density at radius 1 is 0.909 bits per heavy atom. The van der Waals surface area contributed by atoms with E-state index in [1.807, 2.05) is 45.0 Å². The van der Waals surface area contributed by atoms with Gasteiger partial charge in [0.2, 0.25) is 0 Å². The fourth-order valence-electron chi connectivity index (χ4n) is 4.91. The Labute approximate surface area is 197 Å². The first-order valence-corrected chi connectivity index (χ1v) is 12.1. The molecule has 176 valence electrons. The standard InChI is InChI=1S/C27H36N4O2/c1-27(2,3)30-26(33)28-20-15-17-31(18-16-20)24-14-7-6-12-22(24)25(32)29-23-13-8-10-19-9-4-5-11-21(19)23/h4-7,9,11-12,14,20,23H,8,10,13,15-18H2,1-3H3,(H,29,32)(H2,28,30,33). The Balaban J connectivity index is 1.39. The third-order valence-corrected chi connectivity index (χ3v) is 6.48. The molecule has 1 fully saturated rings. The molecule has 2 aromatic carbocycles. The summed E-state index contributed by atoms with van der Waals surface area (Å²) in [6, 6.07) is 16.4. The number of anilines is 1. The molecule has 6 nitrogen and oxygen atoms in total. The molecule has 0 bridgehead atoms. The number of urea groups is 1. The van der Waals surface area contributed by atoms with Crippen LogP contribution in [0.15, 0.2) is 48.5 Å². The lowest BCUT2D eigenvalue weighted by molar-refractivity contribution is 0.0933. The molecule has 1 unspecified atom stereocenters. The molecule has 4 rings (SSSR count). The lowest BCUT2D eigenvalue weighted by Crippen LogP contribution is -2.52. The van der Waals surface area contributed by atoms with Gasteiger partial charge in [0, 0.05) is 30.4 Å². The van der Waals surface area contributed by atoms with Crippen molar-refractivity contribution in [3.8, 4) is 0 Å². The molecule has 0 radical (unpaired) electrons. The van der Waals surface area contributed by atoms with Crippen LogP contribution in [-0.4, -0.2) is 36.6 Å². The normalized spacial score (nSPS) is 18.9. The average molecular weight is 449 g/mol. The molecule has 1 aliphatic carbocycles. The van der Waals surface area contributed by atoms with Crippen LogP contribution < -0.4 is 20.9 Å². The van der Waals surface area contributed by atoms with Crippen LogP contribution in [0.5, 0.6) is 0 Å². The van der Waals surface area contributed by atoms with Crippen molar-refractivity contribution in [2.75, 3.05) is 18.0 Å². The van der Waals surface area contributed by atoms with Gasteiger partial charge < -0.3 is 20.9 Å². The van der Waals surface area contributed by atoms with Gasteiger partial charge in [-0.3, -0.25) is 4.79 Å². The highest BCUT2D eigenvalue weighted by atomic mass is 16.2. The van der Waals surface area contributed by atoms with Crippen molar-refractivity contribution in [1.29, 1.82) is 0 Å². The minimum atomic E-state index is -0.254. The minimum Gasteiger partial charge on any atom is -0.371 e. The number of rotatable bonds is 4. The third-order valence-electron chi connectivity index (χ3n) is 6.48. The predicted molar refractivity (Wildman–Crippen MR) is 133 cm³/mol. The van der Waals surface area contributed by atoms with Crippen molar-refractivity contribution < 1.29 is 9.59 Å². The van der Waals surface area contributed by atoms with E-state index >= 15 is 0 Å². The number of benzene rings is 2. The predicted octanol–water partition coefficient (Wildman–Crippen LogP) is 4.56. The van der Waals surface area contributed by atoms with Gasteiger partial charge in [-0.2, -0.15) is 0 Å². The van der Waals surface area contributed by atoms with E-state index < -0.39 is 0 Å². The second kappa shape index (κ2) is 9.86. The van der Waals surface area contributed by atoms with Crippen molar-refractivity contribution in [1.82, 2.24) is 16.0 Å². The highest BCUT2D eigenvalue weighted by Crippen LogP contribution is 2.31. The number of hydrogen-bond donors (Lipinski definition) is 3. The van der Waals surface area contributed by atoms with E-state index in [0.29, 0.717) is 0 Å². The maximum absolute atomic E-state index is 13.3. The van der Waals surface area contributed by atoms with Crippen molar-refractivity contribution in [2.45, 2.75) is 70.5 Å². The fourth-order valence-corrected chi connectivity index (χ4v) is 4.91. The van der Waals surface area contributed by atoms with Gasteiger partial charge in [0.15, 0.2) is 0 Å². The molecule has 2 aromatic rings. The van der Waals surface area contributed by atoms with Gasteiger partial charge in [0.25, 0.3) is 5.91 Å². The van der Waals surface area contributed by atoms with E-state index in [-0.39, 0.29) is 29.6 Å². The van der Waals surface area contributed by atoms with E-state index in [2.05, 4.69) is 45.1 Å². The van der Waals surface area contributed by atoms with Crippen LogP contribution in [0, 0.1) is 0 Å². The van der Waals surface area contributed by atoms with Crippen LogP contribution in [0.4, 0.5) is 10.5 Å². The molecule has 1 heterocycles. The lowest BCUT2D eigenvalue weighted by Gasteiger charge is -2.35. The quantitative estimate of drug-likeness (QED) is 0.642. The summed E-state index contributed by atoms with van der Waals surface area (Å²) in [4.78, 5) is 27.8.